The van der Waals surface area contributed by atoms with Crippen molar-refractivity contribution in [2.45, 2.75) is 62.1 Å². The van der Waals surface area contributed by atoms with E-state index in [1.54, 1.807) is 13.2 Å². The normalized spacial score (nSPS) is 24.6. The lowest BCUT2D eigenvalue weighted by Crippen LogP contribution is -2.52. The Labute approximate surface area is 217 Å². The fraction of sp³-hybridized carbons (Fsp3) is 0.556. The number of benzene rings is 2. The molecule has 0 bridgehead atoms. The van der Waals surface area contributed by atoms with Gasteiger partial charge in [-0.2, -0.15) is 0 Å². The molecule has 5 atom stereocenters. The third kappa shape index (κ3) is 7.20. The Bertz CT molecular complexity index is 952. The van der Waals surface area contributed by atoms with Gasteiger partial charge in [-0.15, -0.1) is 11.8 Å². The molecular formula is C27H39NO7S. The Kier molecular flexibility index (Phi) is 10.6. The van der Waals surface area contributed by atoms with Crippen LogP contribution in [0.3, 0.4) is 0 Å². The summed E-state index contributed by atoms with van der Waals surface area (Å²) in [5.41, 5.74) is 2.76. The van der Waals surface area contributed by atoms with E-state index in [9.17, 15) is 25.5 Å². The van der Waals surface area contributed by atoms with Gasteiger partial charge in [-0.25, -0.2) is 0 Å². The standard InChI is InChI=1S/C27H39NO7S/c1-17-5-8-19(25-23(32)22(31)24(33)26(35-25)36-3)14-20(17)13-18-6-9-21(10-7-18)34-12-4-11-28-27(2,15-29)16-30/h5-10,14,22-26,28-33H,4,11-13,15-16H2,1-3H3/t22-,23-,24+,25?,26-/m1/s1. The van der Waals surface area contributed by atoms with Crippen molar-refractivity contribution in [2.24, 2.45) is 0 Å². The quantitative estimate of drug-likeness (QED) is 0.230. The minimum Gasteiger partial charge on any atom is -0.494 e. The van der Waals surface area contributed by atoms with Gasteiger partial charge < -0.3 is 40.3 Å². The number of aliphatic hydroxyl groups excluding tert-OH is 5. The second kappa shape index (κ2) is 13.2. The second-order valence-corrected chi connectivity index (χ2v) is 10.6. The molecule has 36 heavy (non-hydrogen) atoms. The van der Waals surface area contributed by atoms with E-state index in [2.05, 4.69) is 5.32 Å². The van der Waals surface area contributed by atoms with Crippen LogP contribution in [0.15, 0.2) is 42.5 Å². The topological polar surface area (TPSA) is 132 Å². The first kappa shape index (κ1) is 28.9. The van der Waals surface area contributed by atoms with Crippen LogP contribution < -0.4 is 10.1 Å². The minimum atomic E-state index is -1.27. The summed E-state index contributed by atoms with van der Waals surface area (Å²) in [6, 6.07) is 13.8. The molecule has 1 unspecified atom stereocenters. The van der Waals surface area contributed by atoms with Crippen molar-refractivity contribution in [1.29, 1.82) is 0 Å². The lowest BCUT2D eigenvalue weighted by molar-refractivity contribution is -0.200. The maximum absolute atomic E-state index is 10.5. The third-order valence-corrected chi connectivity index (χ3v) is 7.52. The summed E-state index contributed by atoms with van der Waals surface area (Å²) in [6.45, 7) is 4.67. The highest BCUT2D eigenvalue weighted by atomic mass is 32.2. The van der Waals surface area contributed by atoms with Crippen LogP contribution >= 0.6 is 11.8 Å². The zero-order valence-corrected chi connectivity index (χ0v) is 21.9. The molecule has 0 spiro atoms. The van der Waals surface area contributed by atoms with Gasteiger partial charge in [0, 0.05) is 0 Å². The van der Waals surface area contributed by atoms with Gasteiger partial charge in [0.05, 0.1) is 25.4 Å². The predicted molar refractivity (Wildman–Crippen MR) is 140 cm³/mol. The van der Waals surface area contributed by atoms with Crippen LogP contribution in [0.1, 0.15) is 41.7 Å². The molecule has 1 aliphatic heterocycles. The van der Waals surface area contributed by atoms with E-state index in [1.807, 2.05) is 49.4 Å². The third-order valence-electron chi connectivity index (χ3n) is 6.66. The molecule has 3 rings (SSSR count). The molecule has 9 heteroatoms. The number of aryl methyl sites for hydroxylation is 1. The number of rotatable bonds is 12. The van der Waals surface area contributed by atoms with Crippen molar-refractivity contribution in [3.63, 3.8) is 0 Å². The van der Waals surface area contributed by atoms with Gasteiger partial charge in [-0.3, -0.25) is 0 Å². The summed E-state index contributed by atoms with van der Waals surface area (Å²) in [5.74, 6) is 0.769. The summed E-state index contributed by atoms with van der Waals surface area (Å²) in [4.78, 5) is 0. The Balaban J connectivity index is 1.58. The van der Waals surface area contributed by atoms with E-state index in [0.717, 1.165) is 34.4 Å². The Morgan fingerprint density at radius 1 is 1.00 bits per heavy atom. The summed E-state index contributed by atoms with van der Waals surface area (Å²) < 4.78 is 11.7. The molecule has 0 aliphatic carbocycles. The lowest BCUT2D eigenvalue weighted by Gasteiger charge is -2.40. The maximum Gasteiger partial charge on any atom is 0.132 e. The monoisotopic (exact) mass is 521 g/mol. The molecule has 1 saturated heterocycles. The van der Waals surface area contributed by atoms with Gasteiger partial charge in [-0.1, -0.05) is 30.3 Å². The smallest absolute Gasteiger partial charge is 0.132 e. The molecule has 2 aromatic rings. The van der Waals surface area contributed by atoms with E-state index in [1.165, 1.54) is 11.8 Å². The summed E-state index contributed by atoms with van der Waals surface area (Å²) in [7, 11) is 0. The van der Waals surface area contributed by atoms with Gasteiger partial charge in [0.2, 0.25) is 0 Å². The molecule has 1 fully saturated rings. The molecule has 0 radical (unpaired) electrons. The molecule has 0 aromatic heterocycles. The molecule has 1 heterocycles. The fourth-order valence-electron chi connectivity index (χ4n) is 4.11. The second-order valence-electron chi connectivity index (χ2n) is 9.64. The average Bonchev–Trinajstić information content (AvgIpc) is 2.89. The highest BCUT2D eigenvalue weighted by molar-refractivity contribution is 7.99. The molecule has 0 saturated carbocycles. The van der Waals surface area contributed by atoms with E-state index in [0.29, 0.717) is 19.6 Å². The van der Waals surface area contributed by atoms with E-state index < -0.39 is 35.4 Å². The number of hydrogen-bond acceptors (Lipinski definition) is 9. The van der Waals surface area contributed by atoms with Crippen molar-refractivity contribution in [3.8, 4) is 5.75 Å². The zero-order chi connectivity index (χ0) is 26.3. The largest absolute Gasteiger partial charge is 0.494 e. The SMILES string of the molecule is CS[C@H]1OC(c2ccc(C)c(Cc3ccc(OCCCNC(C)(CO)CO)cc3)c2)[C@H](O)[C@@H](O)[C@@H]1O. The van der Waals surface area contributed by atoms with Gasteiger partial charge in [-0.05, 0) is 73.9 Å². The molecular weight excluding hydrogens is 482 g/mol. The average molecular weight is 522 g/mol. The first-order chi connectivity index (χ1) is 17.2. The zero-order valence-electron chi connectivity index (χ0n) is 21.1. The summed E-state index contributed by atoms with van der Waals surface area (Å²) in [5, 5.41) is 52.7. The summed E-state index contributed by atoms with van der Waals surface area (Å²) >= 11 is 1.30. The van der Waals surface area contributed by atoms with Crippen molar-refractivity contribution < 1.29 is 35.0 Å². The maximum atomic E-state index is 10.5. The van der Waals surface area contributed by atoms with E-state index in [4.69, 9.17) is 9.47 Å². The molecule has 8 nitrogen and oxygen atoms in total. The minimum absolute atomic E-state index is 0.133. The summed E-state index contributed by atoms with van der Waals surface area (Å²) in [6.07, 6.45) is -1.14. The first-order valence-corrected chi connectivity index (χ1v) is 13.5. The molecule has 1 aliphatic rings. The van der Waals surface area contributed by atoms with Crippen LogP contribution in [0.4, 0.5) is 0 Å². The number of aliphatic hydroxyl groups is 5. The Morgan fingerprint density at radius 2 is 1.69 bits per heavy atom. The van der Waals surface area contributed by atoms with Crippen LogP contribution in [0.2, 0.25) is 0 Å². The van der Waals surface area contributed by atoms with E-state index in [-0.39, 0.29) is 13.2 Å². The van der Waals surface area contributed by atoms with Crippen LogP contribution in [0, 0.1) is 6.92 Å². The van der Waals surface area contributed by atoms with Crippen molar-refractivity contribution in [3.05, 3.63) is 64.7 Å². The van der Waals surface area contributed by atoms with Gasteiger partial charge in [0.1, 0.15) is 35.6 Å². The number of hydrogen-bond donors (Lipinski definition) is 6. The van der Waals surface area contributed by atoms with Crippen LogP contribution in [-0.4, -0.2) is 87.4 Å². The molecule has 200 valence electrons. The molecule has 6 N–H and O–H groups in total. The van der Waals surface area contributed by atoms with Gasteiger partial charge in [0.25, 0.3) is 0 Å². The fourth-order valence-corrected chi connectivity index (χ4v) is 4.79. The highest BCUT2D eigenvalue weighted by Gasteiger charge is 2.44. The Morgan fingerprint density at radius 3 is 2.33 bits per heavy atom. The number of thioether (sulfide) groups is 1. The highest BCUT2D eigenvalue weighted by Crippen LogP contribution is 2.36. The number of ether oxygens (including phenoxy) is 2. The number of nitrogens with one attached hydrogen (secondary N) is 1. The van der Waals surface area contributed by atoms with Crippen molar-refractivity contribution in [2.75, 3.05) is 32.6 Å². The lowest BCUT2D eigenvalue weighted by atomic mass is 9.91. The van der Waals surface area contributed by atoms with Crippen molar-refractivity contribution in [1.82, 2.24) is 5.32 Å². The van der Waals surface area contributed by atoms with Crippen LogP contribution in [0.25, 0.3) is 0 Å². The Hall–Kier alpha value is -1.69. The predicted octanol–water partition coefficient (Wildman–Crippen LogP) is 1.53. The van der Waals surface area contributed by atoms with Crippen LogP contribution in [-0.2, 0) is 11.2 Å². The molecule has 0 amide bonds. The van der Waals surface area contributed by atoms with E-state index >= 15 is 0 Å². The van der Waals surface area contributed by atoms with Gasteiger partial charge in [0.15, 0.2) is 0 Å². The molecule has 2 aromatic carbocycles. The van der Waals surface area contributed by atoms with Crippen molar-refractivity contribution >= 4 is 11.8 Å². The van der Waals surface area contributed by atoms with Crippen LogP contribution in [0.5, 0.6) is 5.75 Å². The van der Waals surface area contributed by atoms with Gasteiger partial charge >= 0.3 is 0 Å². The first-order valence-electron chi connectivity index (χ1n) is 12.2.